The first kappa shape index (κ1) is 16.2. The number of carboxylic acids is 1. The maximum atomic E-state index is 12.8. The van der Waals surface area contributed by atoms with Crippen molar-refractivity contribution in [3.8, 4) is 0 Å². The van der Waals surface area contributed by atoms with Crippen molar-refractivity contribution in [2.45, 2.75) is 13.3 Å². The molecular formula is C13H15FN2O5S. The van der Waals surface area contributed by atoms with Crippen LogP contribution in [0.3, 0.4) is 0 Å². The number of hydrogen-bond acceptors (Lipinski definition) is 5. The lowest BCUT2D eigenvalue weighted by Gasteiger charge is -2.20. The van der Waals surface area contributed by atoms with E-state index in [0.717, 1.165) is 0 Å². The Balaban J connectivity index is 2.36. The average molecular weight is 330 g/mol. The van der Waals surface area contributed by atoms with Crippen molar-refractivity contribution < 1.29 is 27.0 Å². The number of halogens is 1. The standard InChI is InChI=1S/C13H15FN2O5S/c1-7-10(15)3-9(13(18)19)4-11(7)16-5-8(2-12(16)17)6-22(14,20)21/h3-4,8H,2,5-6,15H2,1H3,(H,18,19). The van der Waals surface area contributed by atoms with Crippen molar-refractivity contribution in [2.75, 3.05) is 22.9 Å². The topological polar surface area (TPSA) is 118 Å². The highest BCUT2D eigenvalue weighted by molar-refractivity contribution is 7.86. The van der Waals surface area contributed by atoms with Crippen LogP contribution < -0.4 is 10.6 Å². The Labute approximate surface area is 126 Å². The number of rotatable bonds is 4. The van der Waals surface area contributed by atoms with Crippen LogP contribution in [0.25, 0.3) is 0 Å². The number of amides is 1. The fourth-order valence-electron chi connectivity index (χ4n) is 2.53. The van der Waals surface area contributed by atoms with Gasteiger partial charge in [-0.15, -0.1) is 3.89 Å². The molecular weight excluding hydrogens is 315 g/mol. The summed E-state index contributed by atoms with van der Waals surface area (Å²) >= 11 is 0. The van der Waals surface area contributed by atoms with E-state index < -0.39 is 33.8 Å². The minimum absolute atomic E-state index is 0.00529. The molecule has 1 unspecified atom stereocenters. The Hall–Kier alpha value is -2.16. The summed E-state index contributed by atoms with van der Waals surface area (Å²) in [5.74, 6) is -2.99. The molecule has 1 aliphatic rings. The van der Waals surface area contributed by atoms with Crippen LogP contribution in [-0.2, 0) is 15.0 Å². The van der Waals surface area contributed by atoms with E-state index in [9.17, 15) is 21.9 Å². The predicted octanol–water partition coefficient (Wildman–Crippen LogP) is 0.928. The van der Waals surface area contributed by atoms with E-state index in [0.29, 0.717) is 11.3 Å². The zero-order valence-corrected chi connectivity index (χ0v) is 12.6. The van der Waals surface area contributed by atoms with Gasteiger partial charge in [-0.05, 0) is 24.6 Å². The van der Waals surface area contributed by atoms with Crippen LogP contribution in [0, 0.1) is 12.8 Å². The molecule has 1 fully saturated rings. The zero-order valence-electron chi connectivity index (χ0n) is 11.7. The molecule has 0 radical (unpaired) electrons. The molecule has 0 spiro atoms. The molecule has 1 amide bonds. The van der Waals surface area contributed by atoms with Gasteiger partial charge in [0.25, 0.3) is 0 Å². The Morgan fingerprint density at radius 3 is 2.68 bits per heavy atom. The van der Waals surface area contributed by atoms with Gasteiger partial charge in [-0.25, -0.2) is 4.79 Å². The summed E-state index contributed by atoms with van der Waals surface area (Å²) < 4.78 is 34.2. The number of benzene rings is 1. The molecule has 7 nitrogen and oxygen atoms in total. The first-order valence-electron chi connectivity index (χ1n) is 6.44. The number of aromatic carboxylic acids is 1. The summed E-state index contributed by atoms with van der Waals surface area (Å²) in [5, 5.41) is 9.05. The van der Waals surface area contributed by atoms with Crippen molar-refractivity contribution in [3.63, 3.8) is 0 Å². The van der Waals surface area contributed by atoms with E-state index in [1.165, 1.54) is 17.0 Å². The predicted molar refractivity (Wildman–Crippen MR) is 77.9 cm³/mol. The van der Waals surface area contributed by atoms with Gasteiger partial charge in [0, 0.05) is 30.3 Å². The number of nitrogens with zero attached hydrogens (tertiary/aromatic N) is 1. The van der Waals surface area contributed by atoms with E-state index in [4.69, 9.17) is 10.8 Å². The second-order valence-corrected chi connectivity index (χ2v) is 6.71. The van der Waals surface area contributed by atoms with Crippen LogP contribution in [0.1, 0.15) is 22.3 Å². The Morgan fingerprint density at radius 2 is 2.14 bits per heavy atom. The van der Waals surface area contributed by atoms with Crippen LogP contribution in [0.15, 0.2) is 12.1 Å². The second kappa shape index (κ2) is 5.56. The second-order valence-electron chi connectivity index (χ2n) is 5.29. The summed E-state index contributed by atoms with van der Waals surface area (Å²) in [5.41, 5.74) is 6.71. The van der Waals surface area contributed by atoms with Gasteiger partial charge in [-0.1, -0.05) is 0 Å². The van der Waals surface area contributed by atoms with Crippen LogP contribution in [0.4, 0.5) is 15.3 Å². The third kappa shape index (κ3) is 3.35. The van der Waals surface area contributed by atoms with Crippen molar-refractivity contribution >= 4 is 33.5 Å². The number of nitrogens with two attached hydrogens (primary N) is 1. The summed E-state index contributed by atoms with van der Waals surface area (Å²) in [4.78, 5) is 24.4. The minimum Gasteiger partial charge on any atom is -0.478 e. The number of carbonyl (C=O) groups excluding carboxylic acids is 1. The minimum atomic E-state index is -4.67. The van der Waals surface area contributed by atoms with Crippen molar-refractivity contribution in [1.82, 2.24) is 0 Å². The summed E-state index contributed by atoms with van der Waals surface area (Å²) in [7, 11) is -4.67. The fourth-order valence-corrected chi connectivity index (χ4v) is 3.32. The van der Waals surface area contributed by atoms with E-state index in [-0.39, 0.29) is 24.2 Å². The molecule has 120 valence electrons. The largest absolute Gasteiger partial charge is 0.478 e. The number of carbonyl (C=O) groups is 2. The molecule has 1 aromatic carbocycles. The summed E-state index contributed by atoms with van der Waals surface area (Å²) in [6, 6.07) is 2.59. The normalized spacial score (nSPS) is 18.7. The van der Waals surface area contributed by atoms with E-state index in [1.807, 2.05) is 0 Å². The number of nitrogen functional groups attached to an aromatic ring is 1. The van der Waals surface area contributed by atoms with E-state index in [2.05, 4.69) is 0 Å². The van der Waals surface area contributed by atoms with Gasteiger partial charge < -0.3 is 15.7 Å². The lowest BCUT2D eigenvalue weighted by Crippen LogP contribution is -2.26. The van der Waals surface area contributed by atoms with Crippen molar-refractivity contribution in [2.24, 2.45) is 5.92 Å². The maximum absolute atomic E-state index is 12.8. The third-order valence-corrected chi connectivity index (χ3v) is 4.47. The van der Waals surface area contributed by atoms with E-state index >= 15 is 0 Å². The molecule has 2 rings (SSSR count). The van der Waals surface area contributed by atoms with Crippen molar-refractivity contribution in [1.29, 1.82) is 0 Å². The van der Waals surface area contributed by atoms with E-state index in [1.54, 1.807) is 6.92 Å². The van der Waals surface area contributed by atoms with Gasteiger partial charge in [-0.3, -0.25) is 4.79 Å². The fraction of sp³-hybridized carbons (Fsp3) is 0.385. The first-order chi connectivity index (χ1) is 10.1. The van der Waals surface area contributed by atoms with Crippen molar-refractivity contribution in [3.05, 3.63) is 23.3 Å². The van der Waals surface area contributed by atoms with Crippen LogP contribution in [0.2, 0.25) is 0 Å². The highest BCUT2D eigenvalue weighted by Gasteiger charge is 2.34. The highest BCUT2D eigenvalue weighted by Crippen LogP contribution is 2.32. The molecule has 0 aromatic heterocycles. The lowest BCUT2D eigenvalue weighted by atomic mass is 10.1. The average Bonchev–Trinajstić information content (AvgIpc) is 2.70. The molecule has 1 heterocycles. The molecule has 22 heavy (non-hydrogen) atoms. The smallest absolute Gasteiger partial charge is 0.335 e. The van der Waals surface area contributed by atoms with Gasteiger partial charge in [0.15, 0.2) is 0 Å². The van der Waals surface area contributed by atoms with Gasteiger partial charge >= 0.3 is 16.2 Å². The quantitative estimate of drug-likeness (QED) is 0.626. The van der Waals surface area contributed by atoms with Gasteiger partial charge in [0.2, 0.25) is 5.91 Å². The van der Waals surface area contributed by atoms with Gasteiger partial charge in [0.05, 0.1) is 11.3 Å². The number of hydrogen-bond donors (Lipinski definition) is 2. The Kier molecular flexibility index (Phi) is 4.10. The highest BCUT2D eigenvalue weighted by atomic mass is 32.3. The molecule has 9 heteroatoms. The molecule has 0 bridgehead atoms. The Morgan fingerprint density at radius 1 is 1.50 bits per heavy atom. The molecule has 1 saturated heterocycles. The van der Waals surface area contributed by atoms with Gasteiger partial charge in [0.1, 0.15) is 0 Å². The first-order valence-corrected chi connectivity index (χ1v) is 8.00. The molecule has 1 aliphatic heterocycles. The lowest BCUT2D eigenvalue weighted by molar-refractivity contribution is -0.117. The van der Waals surface area contributed by atoms with Gasteiger partial charge in [-0.2, -0.15) is 8.42 Å². The molecule has 0 saturated carbocycles. The van der Waals surface area contributed by atoms with Crippen LogP contribution in [-0.4, -0.2) is 37.7 Å². The third-order valence-electron chi connectivity index (χ3n) is 3.60. The number of carboxylic acid groups (broad SMARTS) is 1. The zero-order chi connectivity index (χ0) is 16.7. The molecule has 1 aromatic rings. The maximum Gasteiger partial charge on any atom is 0.335 e. The molecule has 3 N–H and O–H groups in total. The summed E-state index contributed by atoms with van der Waals surface area (Å²) in [6.07, 6.45) is -0.111. The Bertz CT molecular complexity index is 747. The monoisotopic (exact) mass is 330 g/mol. The van der Waals surface area contributed by atoms with Crippen LogP contribution in [0.5, 0.6) is 0 Å². The van der Waals surface area contributed by atoms with Crippen LogP contribution >= 0.6 is 0 Å². The number of anilines is 2. The summed E-state index contributed by atoms with van der Waals surface area (Å²) in [6.45, 7) is 1.63. The SMILES string of the molecule is Cc1c(N)cc(C(=O)O)cc1N1CC(CS(=O)(=O)F)CC1=O. The molecule has 1 atom stereocenters. The molecule has 0 aliphatic carbocycles.